The van der Waals surface area contributed by atoms with Gasteiger partial charge in [-0.05, 0) is 30.9 Å². The second-order valence-corrected chi connectivity index (χ2v) is 6.92. The van der Waals surface area contributed by atoms with Crippen LogP contribution in [0.3, 0.4) is 0 Å². The van der Waals surface area contributed by atoms with E-state index in [1.54, 1.807) is 17.5 Å². The number of carbonyl (C=O) groups excluding carboxylic acids is 1. The third-order valence-corrected chi connectivity index (χ3v) is 5.05. The van der Waals surface area contributed by atoms with Gasteiger partial charge >= 0.3 is 0 Å². The first-order valence-electron chi connectivity index (χ1n) is 7.71. The molecule has 1 amide bonds. The molecule has 1 aromatic heterocycles. The van der Waals surface area contributed by atoms with Crippen LogP contribution >= 0.6 is 11.3 Å². The molecule has 1 aromatic carbocycles. The van der Waals surface area contributed by atoms with Crippen LogP contribution in [0.15, 0.2) is 35.8 Å². The molecule has 4 nitrogen and oxygen atoms in total. The Bertz CT molecular complexity index is 667. The Morgan fingerprint density at radius 1 is 1.36 bits per heavy atom. The lowest BCUT2D eigenvalue weighted by molar-refractivity contribution is -0.138. The summed E-state index contributed by atoms with van der Waals surface area (Å²) in [6.07, 6.45) is 4.80. The summed E-state index contributed by atoms with van der Waals surface area (Å²) in [6.45, 7) is 1.12. The second-order valence-electron chi connectivity index (χ2n) is 5.94. The van der Waals surface area contributed by atoms with Gasteiger partial charge in [0.25, 0.3) is 0 Å². The van der Waals surface area contributed by atoms with Gasteiger partial charge in [-0.15, -0.1) is 11.3 Å². The zero-order chi connectivity index (χ0) is 14.9. The van der Waals surface area contributed by atoms with Crippen molar-refractivity contribution >= 4 is 17.2 Å². The Morgan fingerprint density at radius 2 is 2.23 bits per heavy atom. The Morgan fingerprint density at radius 3 is 3.00 bits per heavy atom. The van der Waals surface area contributed by atoms with Gasteiger partial charge in [-0.1, -0.05) is 18.2 Å². The van der Waals surface area contributed by atoms with E-state index in [0.29, 0.717) is 19.2 Å². The van der Waals surface area contributed by atoms with Crippen LogP contribution in [-0.4, -0.2) is 28.4 Å². The van der Waals surface area contributed by atoms with E-state index in [-0.39, 0.29) is 11.8 Å². The van der Waals surface area contributed by atoms with Crippen molar-refractivity contribution in [2.45, 2.75) is 31.8 Å². The van der Waals surface area contributed by atoms with Gasteiger partial charge in [0.2, 0.25) is 5.91 Å². The third kappa shape index (κ3) is 2.73. The van der Waals surface area contributed by atoms with Crippen molar-refractivity contribution in [3.8, 4) is 5.75 Å². The summed E-state index contributed by atoms with van der Waals surface area (Å²) in [6, 6.07) is 8.40. The van der Waals surface area contributed by atoms with Crippen molar-refractivity contribution in [2.24, 2.45) is 5.92 Å². The number of hydrogen-bond acceptors (Lipinski definition) is 4. The zero-order valence-electron chi connectivity index (χ0n) is 12.3. The van der Waals surface area contributed by atoms with Gasteiger partial charge in [0.15, 0.2) is 0 Å². The molecule has 2 aromatic rings. The highest BCUT2D eigenvalue weighted by atomic mass is 32.1. The first-order valence-corrected chi connectivity index (χ1v) is 8.59. The molecule has 0 saturated heterocycles. The number of nitrogens with zero attached hydrogens (tertiary/aromatic N) is 2. The normalized spacial score (nSPS) is 20.1. The average Bonchev–Trinajstić information content (AvgIpc) is 3.27. The van der Waals surface area contributed by atoms with E-state index in [2.05, 4.69) is 11.1 Å². The molecule has 1 unspecified atom stereocenters. The molecule has 1 saturated carbocycles. The molecular weight excluding hydrogens is 296 g/mol. The highest BCUT2D eigenvalue weighted by molar-refractivity contribution is 7.09. The SMILES string of the molecule is O=C(C1COc2ccccc2C1)N(Cc1nccs1)C1CC1. The lowest BCUT2D eigenvalue weighted by atomic mass is 9.95. The molecule has 1 atom stereocenters. The van der Waals surface area contributed by atoms with Gasteiger partial charge in [0, 0.05) is 17.6 Å². The van der Waals surface area contributed by atoms with Crippen molar-refractivity contribution in [3.63, 3.8) is 0 Å². The van der Waals surface area contributed by atoms with Crippen LogP contribution in [0, 0.1) is 5.92 Å². The van der Waals surface area contributed by atoms with E-state index in [1.165, 1.54) is 0 Å². The van der Waals surface area contributed by atoms with Crippen LogP contribution in [0.4, 0.5) is 0 Å². The summed E-state index contributed by atoms with van der Waals surface area (Å²) in [5.74, 6) is 1.06. The largest absolute Gasteiger partial charge is 0.492 e. The van der Waals surface area contributed by atoms with Gasteiger partial charge in [0.05, 0.1) is 12.5 Å². The molecule has 22 heavy (non-hydrogen) atoms. The number of benzene rings is 1. The van der Waals surface area contributed by atoms with Gasteiger partial charge in [-0.2, -0.15) is 0 Å². The summed E-state index contributed by atoms with van der Waals surface area (Å²) in [5.41, 5.74) is 1.14. The Balaban J connectivity index is 1.50. The molecule has 1 fully saturated rings. The standard InChI is InChI=1S/C17H18N2O2S/c20-17(13-9-12-3-1-2-4-15(12)21-11-13)19(14-5-6-14)10-16-18-7-8-22-16/h1-4,7-8,13-14H,5-6,9-11H2. The van der Waals surface area contributed by atoms with Crippen LogP contribution in [-0.2, 0) is 17.8 Å². The first kappa shape index (κ1) is 13.8. The molecule has 1 aliphatic carbocycles. The van der Waals surface area contributed by atoms with E-state index in [4.69, 9.17) is 4.74 Å². The number of fused-ring (bicyclic) bond motifs is 1. The average molecular weight is 314 g/mol. The minimum absolute atomic E-state index is 0.0736. The molecule has 2 aliphatic rings. The van der Waals surface area contributed by atoms with Crippen LogP contribution in [0.2, 0.25) is 0 Å². The number of ether oxygens (including phenoxy) is 1. The zero-order valence-corrected chi connectivity index (χ0v) is 13.1. The number of amides is 1. The third-order valence-electron chi connectivity index (χ3n) is 4.29. The molecule has 0 N–H and O–H groups in total. The Labute approximate surface area is 133 Å². The topological polar surface area (TPSA) is 42.4 Å². The first-order chi connectivity index (χ1) is 10.8. The summed E-state index contributed by atoms with van der Waals surface area (Å²) >= 11 is 1.61. The Kier molecular flexibility index (Phi) is 3.58. The lowest BCUT2D eigenvalue weighted by Gasteiger charge is -2.30. The van der Waals surface area contributed by atoms with Crippen LogP contribution in [0.1, 0.15) is 23.4 Å². The molecule has 114 valence electrons. The molecular formula is C17H18N2O2S. The van der Waals surface area contributed by atoms with Crippen molar-refractivity contribution < 1.29 is 9.53 Å². The molecule has 0 bridgehead atoms. The number of rotatable bonds is 4. The van der Waals surface area contributed by atoms with Crippen molar-refractivity contribution in [3.05, 3.63) is 46.4 Å². The number of thiazole rings is 1. The van der Waals surface area contributed by atoms with Crippen LogP contribution in [0.25, 0.3) is 0 Å². The predicted molar refractivity (Wildman–Crippen MR) is 84.8 cm³/mol. The second kappa shape index (κ2) is 5.72. The van der Waals surface area contributed by atoms with Gasteiger partial charge < -0.3 is 9.64 Å². The molecule has 2 heterocycles. The number of hydrogen-bond donors (Lipinski definition) is 0. The van der Waals surface area contributed by atoms with E-state index in [9.17, 15) is 4.79 Å². The maximum Gasteiger partial charge on any atom is 0.230 e. The molecule has 4 rings (SSSR count). The highest BCUT2D eigenvalue weighted by Crippen LogP contribution is 2.33. The van der Waals surface area contributed by atoms with E-state index >= 15 is 0 Å². The summed E-state index contributed by atoms with van der Waals surface area (Å²) in [4.78, 5) is 19.3. The van der Waals surface area contributed by atoms with Crippen molar-refractivity contribution in [1.82, 2.24) is 9.88 Å². The molecule has 0 radical (unpaired) electrons. The van der Waals surface area contributed by atoms with Crippen molar-refractivity contribution in [2.75, 3.05) is 6.61 Å². The summed E-state index contributed by atoms with van der Waals surface area (Å²) in [7, 11) is 0. The minimum atomic E-state index is -0.0736. The van der Waals surface area contributed by atoms with Gasteiger partial charge in [-0.3, -0.25) is 4.79 Å². The van der Waals surface area contributed by atoms with E-state index < -0.39 is 0 Å². The van der Waals surface area contributed by atoms with Gasteiger partial charge in [0.1, 0.15) is 17.4 Å². The molecule has 0 spiro atoms. The summed E-state index contributed by atoms with van der Waals surface area (Å²) in [5, 5.41) is 2.97. The Hall–Kier alpha value is -1.88. The summed E-state index contributed by atoms with van der Waals surface area (Å²) < 4.78 is 5.78. The predicted octanol–water partition coefficient (Wildman–Crippen LogP) is 2.89. The fourth-order valence-corrected chi connectivity index (χ4v) is 3.59. The smallest absolute Gasteiger partial charge is 0.230 e. The van der Waals surface area contributed by atoms with Crippen molar-refractivity contribution in [1.29, 1.82) is 0 Å². The maximum absolute atomic E-state index is 12.9. The number of aromatic nitrogens is 1. The van der Waals surface area contributed by atoms with E-state index in [0.717, 1.165) is 35.6 Å². The van der Waals surface area contributed by atoms with Crippen LogP contribution in [0.5, 0.6) is 5.75 Å². The number of carbonyl (C=O) groups is 1. The fourth-order valence-electron chi connectivity index (χ4n) is 2.97. The lowest BCUT2D eigenvalue weighted by Crippen LogP contribution is -2.41. The van der Waals surface area contributed by atoms with Crippen LogP contribution < -0.4 is 4.74 Å². The molecule has 5 heteroatoms. The number of para-hydroxylation sites is 1. The maximum atomic E-state index is 12.9. The quantitative estimate of drug-likeness (QED) is 0.871. The monoisotopic (exact) mass is 314 g/mol. The fraction of sp³-hybridized carbons (Fsp3) is 0.412. The minimum Gasteiger partial charge on any atom is -0.492 e. The van der Waals surface area contributed by atoms with E-state index in [1.807, 2.05) is 28.5 Å². The van der Waals surface area contributed by atoms with Gasteiger partial charge in [-0.25, -0.2) is 4.98 Å². The molecule has 1 aliphatic heterocycles. The highest BCUT2D eigenvalue weighted by Gasteiger charge is 2.37.